The molecule has 1 N–H and O–H groups in total. The molecule has 1 aliphatic heterocycles. The van der Waals surface area contributed by atoms with Crippen molar-refractivity contribution in [1.82, 2.24) is 10.3 Å². The fraction of sp³-hybridized carbons (Fsp3) is 0.400. The lowest BCUT2D eigenvalue weighted by Gasteiger charge is -2.30. The Labute approximate surface area is 124 Å². The largest absolute Gasteiger partial charge is 0.354 e. The molecule has 0 spiro atoms. The Balaban J connectivity index is 0.00000147. The van der Waals surface area contributed by atoms with Gasteiger partial charge in [-0.25, -0.2) is 9.37 Å². The summed E-state index contributed by atoms with van der Waals surface area (Å²) in [5.41, 5.74) is 1.98. The molecule has 108 valence electrons. The van der Waals surface area contributed by atoms with Crippen LogP contribution in [0.5, 0.6) is 0 Å². The first-order chi connectivity index (χ1) is 9.28. The normalized spacial score (nSPS) is 15.2. The first-order valence-corrected chi connectivity index (χ1v) is 6.83. The summed E-state index contributed by atoms with van der Waals surface area (Å²) in [7, 11) is 0. The Morgan fingerprint density at radius 3 is 2.70 bits per heavy atom. The highest BCUT2D eigenvalue weighted by Crippen LogP contribution is 2.25. The van der Waals surface area contributed by atoms with Crippen LogP contribution >= 0.6 is 12.4 Å². The zero-order chi connectivity index (χ0) is 13.2. The third kappa shape index (κ3) is 2.86. The van der Waals surface area contributed by atoms with Crippen LogP contribution in [0, 0.1) is 5.82 Å². The number of benzene rings is 1. The number of rotatable bonds is 2. The van der Waals surface area contributed by atoms with Crippen molar-refractivity contribution in [2.75, 3.05) is 31.1 Å². The van der Waals surface area contributed by atoms with Crippen LogP contribution in [0.4, 0.5) is 10.2 Å². The lowest BCUT2D eigenvalue weighted by Crippen LogP contribution is -2.44. The number of hydrogen-bond acceptors (Lipinski definition) is 3. The van der Waals surface area contributed by atoms with E-state index in [2.05, 4.69) is 28.2 Å². The van der Waals surface area contributed by atoms with Gasteiger partial charge in [-0.2, -0.15) is 0 Å². The molecule has 1 fully saturated rings. The predicted octanol–water partition coefficient (Wildman–Crippen LogP) is 2.77. The van der Waals surface area contributed by atoms with Gasteiger partial charge in [-0.15, -0.1) is 12.4 Å². The molecule has 0 saturated carbocycles. The van der Waals surface area contributed by atoms with Crippen LogP contribution in [0.15, 0.2) is 24.3 Å². The van der Waals surface area contributed by atoms with E-state index < -0.39 is 0 Å². The molecule has 1 aromatic heterocycles. The minimum Gasteiger partial charge on any atom is -0.354 e. The summed E-state index contributed by atoms with van der Waals surface area (Å²) in [6, 6.07) is 6.95. The van der Waals surface area contributed by atoms with E-state index in [0.29, 0.717) is 0 Å². The Hall–Kier alpha value is -1.39. The van der Waals surface area contributed by atoms with E-state index in [1.165, 1.54) is 17.7 Å². The van der Waals surface area contributed by atoms with Crippen LogP contribution in [0.25, 0.3) is 10.9 Å². The number of anilines is 1. The average Bonchev–Trinajstić information content (AvgIpc) is 2.46. The standard InChI is InChI=1S/C15H18FN3.ClH/c1-2-11-9-12-3-4-13(16)10-14(12)18-15(11)19-7-5-17-6-8-19;/h3-4,9-10,17H,2,5-8H2,1H3;1H. The molecule has 3 rings (SSSR count). The van der Waals surface area contributed by atoms with Gasteiger partial charge in [-0.3, -0.25) is 0 Å². The van der Waals surface area contributed by atoms with Crippen molar-refractivity contribution in [2.24, 2.45) is 0 Å². The monoisotopic (exact) mass is 295 g/mol. The van der Waals surface area contributed by atoms with Crippen LogP contribution in [0.1, 0.15) is 12.5 Å². The van der Waals surface area contributed by atoms with E-state index in [-0.39, 0.29) is 18.2 Å². The summed E-state index contributed by atoms with van der Waals surface area (Å²) in [6.45, 7) is 6.01. The van der Waals surface area contributed by atoms with Crippen molar-refractivity contribution in [3.63, 3.8) is 0 Å². The highest BCUT2D eigenvalue weighted by molar-refractivity contribution is 5.85. The molecule has 0 atom stereocenters. The topological polar surface area (TPSA) is 28.2 Å². The Bertz CT molecular complexity index is 597. The van der Waals surface area contributed by atoms with Crippen molar-refractivity contribution in [1.29, 1.82) is 0 Å². The fourth-order valence-corrected chi connectivity index (χ4v) is 2.58. The molecule has 0 aliphatic carbocycles. The van der Waals surface area contributed by atoms with Gasteiger partial charge in [0.1, 0.15) is 11.6 Å². The molecule has 1 aliphatic rings. The van der Waals surface area contributed by atoms with Crippen LogP contribution in [-0.2, 0) is 6.42 Å². The van der Waals surface area contributed by atoms with Gasteiger partial charge in [0.15, 0.2) is 0 Å². The number of pyridine rings is 1. The van der Waals surface area contributed by atoms with E-state index >= 15 is 0 Å². The van der Waals surface area contributed by atoms with Crippen molar-refractivity contribution >= 4 is 29.1 Å². The molecule has 1 aromatic carbocycles. The molecule has 0 amide bonds. The molecule has 1 saturated heterocycles. The average molecular weight is 296 g/mol. The number of nitrogens with zero attached hydrogens (tertiary/aromatic N) is 2. The second kappa shape index (κ2) is 6.37. The molecule has 0 bridgehead atoms. The molecule has 2 heterocycles. The summed E-state index contributed by atoms with van der Waals surface area (Å²) in [5.74, 6) is 0.789. The van der Waals surface area contributed by atoms with E-state index in [4.69, 9.17) is 0 Å². The quantitative estimate of drug-likeness (QED) is 0.923. The highest BCUT2D eigenvalue weighted by atomic mass is 35.5. The van der Waals surface area contributed by atoms with Crippen molar-refractivity contribution in [3.8, 4) is 0 Å². The summed E-state index contributed by atoms with van der Waals surface area (Å²) in [6.07, 6.45) is 0.944. The Morgan fingerprint density at radius 1 is 1.25 bits per heavy atom. The van der Waals surface area contributed by atoms with Crippen molar-refractivity contribution in [3.05, 3.63) is 35.6 Å². The summed E-state index contributed by atoms with van der Waals surface area (Å²) < 4.78 is 13.3. The van der Waals surface area contributed by atoms with Crippen LogP contribution in [0.2, 0.25) is 0 Å². The van der Waals surface area contributed by atoms with E-state index in [1.54, 1.807) is 6.07 Å². The number of halogens is 2. The van der Waals surface area contributed by atoms with Gasteiger partial charge in [0, 0.05) is 37.6 Å². The van der Waals surface area contributed by atoms with Gasteiger partial charge >= 0.3 is 0 Å². The predicted molar refractivity (Wildman–Crippen MR) is 83.4 cm³/mol. The first-order valence-electron chi connectivity index (χ1n) is 6.83. The molecule has 2 aromatic rings. The summed E-state index contributed by atoms with van der Waals surface area (Å²) in [5, 5.41) is 4.35. The van der Waals surface area contributed by atoms with E-state index in [0.717, 1.165) is 49.3 Å². The van der Waals surface area contributed by atoms with Crippen molar-refractivity contribution in [2.45, 2.75) is 13.3 Å². The third-order valence-electron chi connectivity index (χ3n) is 3.63. The maximum Gasteiger partial charge on any atom is 0.132 e. The van der Waals surface area contributed by atoms with Crippen LogP contribution in [-0.4, -0.2) is 31.2 Å². The summed E-state index contributed by atoms with van der Waals surface area (Å²) in [4.78, 5) is 6.98. The van der Waals surface area contributed by atoms with E-state index in [9.17, 15) is 4.39 Å². The zero-order valence-corrected chi connectivity index (χ0v) is 12.3. The van der Waals surface area contributed by atoms with Gasteiger partial charge < -0.3 is 10.2 Å². The number of fused-ring (bicyclic) bond motifs is 1. The maximum absolute atomic E-state index is 13.3. The Kier molecular flexibility index (Phi) is 4.78. The minimum absolute atomic E-state index is 0. The minimum atomic E-state index is -0.226. The molecule has 20 heavy (non-hydrogen) atoms. The highest BCUT2D eigenvalue weighted by Gasteiger charge is 2.16. The zero-order valence-electron chi connectivity index (χ0n) is 11.5. The summed E-state index contributed by atoms with van der Waals surface area (Å²) >= 11 is 0. The van der Waals surface area contributed by atoms with Gasteiger partial charge in [0.2, 0.25) is 0 Å². The number of hydrogen-bond donors (Lipinski definition) is 1. The molecular formula is C15H19ClFN3. The van der Waals surface area contributed by atoms with Gasteiger partial charge in [0.05, 0.1) is 5.52 Å². The van der Waals surface area contributed by atoms with Crippen LogP contribution in [0.3, 0.4) is 0 Å². The lowest BCUT2D eigenvalue weighted by atomic mass is 10.1. The molecular weight excluding hydrogens is 277 g/mol. The van der Waals surface area contributed by atoms with Crippen molar-refractivity contribution < 1.29 is 4.39 Å². The second-order valence-electron chi connectivity index (χ2n) is 4.90. The number of aromatic nitrogens is 1. The third-order valence-corrected chi connectivity index (χ3v) is 3.63. The molecule has 0 unspecified atom stereocenters. The van der Waals surface area contributed by atoms with E-state index in [1.807, 2.05) is 0 Å². The maximum atomic E-state index is 13.3. The smallest absolute Gasteiger partial charge is 0.132 e. The number of nitrogens with one attached hydrogen (secondary N) is 1. The lowest BCUT2D eigenvalue weighted by molar-refractivity contribution is 0.584. The molecule has 3 nitrogen and oxygen atoms in total. The molecule has 0 radical (unpaired) electrons. The first kappa shape index (κ1) is 15.0. The fourth-order valence-electron chi connectivity index (χ4n) is 2.58. The SMILES string of the molecule is CCc1cc2ccc(F)cc2nc1N1CCNCC1.Cl. The number of piperazine rings is 1. The molecule has 5 heteroatoms. The second-order valence-corrected chi connectivity index (χ2v) is 4.90. The van der Waals surface area contributed by atoms with Gasteiger partial charge in [0.25, 0.3) is 0 Å². The van der Waals surface area contributed by atoms with Gasteiger partial charge in [-0.1, -0.05) is 6.92 Å². The number of aryl methyl sites for hydroxylation is 1. The van der Waals surface area contributed by atoms with Crippen LogP contribution < -0.4 is 10.2 Å². The Morgan fingerprint density at radius 2 is 2.00 bits per heavy atom. The van der Waals surface area contributed by atoms with Gasteiger partial charge in [-0.05, 0) is 30.2 Å².